The van der Waals surface area contributed by atoms with Crippen LogP contribution in [-0.2, 0) is 9.47 Å². The van der Waals surface area contributed by atoms with Crippen molar-refractivity contribution >= 4 is 65.9 Å². The highest BCUT2D eigenvalue weighted by molar-refractivity contribution is 9.11. The number of halogens is 2. The van der Waals surface area contributed by atoms with Gasteiger partial charge in [-0.15, -0.1) is 0 Å². The second kappa shape index (κ2) is 13.2. The van der Waals surface area contributed by atoms with Gasteiger partial charge in [-0.1, -0.05) is 60.7 Å². The first-order chi connectivity index (χ1) is 23.3. The van der Waals surface area contributed by atoms with E-state index < -0.39 is 0 Å². The van der Waals surface area contributed by atoms with Gasteiger partial charge in [0.2, 0.25) is 0 Å². The molecule has 8 nitrogen and oxygen atoms in total. The number of benzene rings is 5. The van der Waals surface area contributed by atoms with E-state index in [0.29, 0.717) is 30.2 Å². The number of H-pyrrole nitrogens is 2. The lowest BCUT2D eigenvalue weighted by atomic mass is 9.97. The molecule has 0 amide bonds. The van der Waals surface area contributed by atoms with E-state index in [0.717, 1.165) is 70.2 Å². The Morgan fingerprint density at radius 3 is 1.50 bits per heavy atom. The molecule has 7 rings (SSSR count). The zero-order chi connectivity index (χ0) is 33.4. The van der Waals surface area contributed by atoms with Crippen LogP contribution < -0.4 is 0 Å². The predicted octanol–water partition coefficient (Wildman–Crippen LogP) is 9.99. The fraction of sp³-hybridized carbons (Fsp3) is 0.105. The first-order valence-corrected chi connectivity index (χ1v) is 17.0. The quantitative estimate of drug-likeness (QED) is 0.149. The topological polar surface area (TPSA) is 110 Å². The van der Waals surface area contributed by atoms with Crippen LogP contribution in [0.15, 0.2) is 106 Å². The van der Waals surface area contributed by atoms with Gasteiger partial charge in [-0.25, -0.2) is 19.6 Å². The summed E-state index contributed by atoms with van der Waals surface area (Å²) < 4.78 is 12.2. The Bertz CT molecular complexity index is 2170. The second-order valence-corrected chi connectivity index (χ2v) is 12.7. The summed E-state index contributed by atoms with van der Waals surface area (Å²) in [6.45, 7) is 4.20. The van der Waals surface area contributed by atoms with Crippen LogP contribution in [0.5, 0.6) is 0 Å². The van der Waals surface area contributed by atoms with Crippen LogP contribution in [-0.4, -0.2) is 45.1 Å². The zero-order valence-corrected chi connectivity index (χ0v) is 29.1. The van der Waals surface area contributed by atoms with Crippen LogP contribution in [0.1, 0.15) is 34.6 Å². The molecule has 7 aromatic rings. The van der Waals surface area contributed by atoms with Crippen molar-refractivity contribution in [2.24, 2.45) is 0 Å². The summed E-state index contributed by atoms with van der Waals surface area (Å²) >= 11 is 7.20. The molecule has 0 aliphatic heterocycles. The maximum absolute atomic E-state index is 12.3. The van der Waals surface area contributed by atoms with Crippen molar-refractivity contribution in [3.8, 4) is 45.0 Å². The number of rotatable bonds is 8. The van der Waals surface area contributed by atoms with Crippen LogP contribution in [0, 0.1) is 0 Å². The predicted molar refractivity (Wildman–Crippen MR) is 195 cm³/mol. The molecule has 0 aliphatic carbocycles. The van der Waals surface area contributed by atoms with Crippen molar-refractivity contribution in [3.63, 3.8) is 0 Å². The van der Waals surface area contributed by atoms with Crippen molar-refractivity contribution < 1.29 is 19.1 Å². The van der Waals surface area contributed by atoms with Gasteiger partial charge in [0.25, 0.3) is 0 Å². The maximum atomic E-state index is 12.3. The Morgan fingerprint density at radius 2 is 0.979 bits per heavy atom. The average Bonchev–Trinajstić information content (AvgIpc) is 3.77. The fourth-order valence-electron chi connectivity index (χ4n) is 5.65. The van der Waals surface area contributed by atoms with Crippen LogP contribution in [0.4, 0.5) is 0 Å². The number of fused-ring (bicyclic) bond motifs is 2. The molecule has 0 aliphatic rings. The number of ether oxygens (including phenoxy) is 2. The number of hydrogen-bond donors (Lipinski definition) is 2. The molecule has 0 saturated carbocycles. The number of aromatic amines is 2. The molecule has 0 saturated heterocycles. The highest BCUT2D eigenvalue weighted by atomic mass is 79.9. The van der Waals surface area contributed by atoms with E-state index >= 15 is 0 Å². The molecule has 10 heteroatoms. The van der Waals surface area contributed by atoms with E-state index in [1.807, 2.05) is 72.8 Å². The zero-order valence-electron chi connectivity index (χ0n) is 25.9. The van der Waals surface area contributed by atoms with Gasteiger partial charge in [-0.2, -0.15) is 0 Å². The van der Waals surface area contributed by atoms with E-state index in [1.165, 1.54) is 0 Å². The molecular formula is C38H28Br2N4O4. The highest BCUT2D eigenvalue weighted by Crippen LogP contribution is 2.37. The second-order valence-electron chi connectivity index (χ2n) is 11.0. The minimum atomic E-state index is -0.357. The van der Waals surface area contributed by atoms with Gasteiger partial charge in [0, 0.05) is 31.2 Å². The Hall–Kier alpha value is -5.06. The Labute approximate surface area is 292 Å². The molecule has 0 fully saturated rings. The lowest BCUT2D eigenvalue weighted by molar-refractivity contribution is 0.0517. The fourth-order valence-corrected chi connectivity index (χ4v) is 6.49. The molecule has 2 heterocycles. The van der Waals surface area contributed by atoms with Crippen LogP contribution in [0.2, 0.25) is 0 Å². The number of imidazole rings is 2. The van der Waals surface area contributed by atoms with Gasteiger partial charge < -0.3 is 19.4 Å². The van der Waals surface area contributed by atoms with E-state index in [2.05, 4.69) is 41.8 Å². The summed E-state index contributed by atoms with van der Waals surface area (Å²) in [4.78, 5) is 41.5. The molecule has 0 bridgehead atoms. The van der Waals surface area contributed by atoms with E-state index in [4.69, 9.17) is 19.4 Å². The summed E-state index contributed by atoms with van der Waals surface area (Å²) in [6, 6.07) is 30.8. The summed E-state index contributed by atoms with van der Waals surface area (Å²) in [7, 11) is 0. The largest absolute Gasteiger partial charge is 0.462 e. The third-order valence-corrected chi connectivity index (χ3v) is 9.34. The molecule has 5 aromatic carbocycles. The molecular weight excluding hydrogens is 736 g/mol. The van der Waals surface area contributed by atoms with Gasteiger partial charge in [-0.05, 0) is 93.2 Å². The highest BCUT2D eigenvalue weighted by Gasteiger charge is 2.18. The molecule has 0 spiro atoms. The minimum absolute atomic E-state index is 0.314. The normalized spacial score (nSPS) is 11.2. The number of esters is 2. The molecule has 0 atom stereocenters. The molecule has 48 heavy (non-hydrogen) atoms. The molecule has 0 unspecified atom stereocenters. The standard InChI is InChI=1S/C38H28Br2N4O4/c1-3-47-37(45)25-13-5-21(6-14-25)27-17-18-28(22-7-15-26(16-8-22)38(46)48-4-2)32-31(27)41-35(42-32)23-9-11-24(12-10-23)36-43-33-29(39)19-20-30(40)34(33)44-36/h5-20H,3-4H2,1-2H3,(H,41,42)(H,43,44). The van der Waals surface area contributed by atoms with Crippen molar-refractivity contribution in [1.82, 2.24) is 19.9 Å². The van der Waals surface area contributed by atoms with Crippen molar-refractivity contribution in [1.29, 1.82) is 0 Å². The first-order valence-electron chi connectivity index (χ1n) is 15.4. The van der Waals surface area contributed by atoms with Crippen LogP contribution in [0.25, 0.3) is 67.1 Å². The van der Waals surface area contributed by atoms with E-state index in [9.17, 15) is 9.59 Å². The summed E-state index contributed by atoms with van der Waals surface area (Å²) in [5, 5.41) is 0. The number of aromatic nitrogens is 4. The SMILES string of the molecule is CCOC(=O)c1ccc(-c2ccc(-c3ccc(C(=O)OCC)cc3)c3[nH]c(-c4ccc(-c5nc6c(Br)ccc(Br)c6[nH]5)cc4)nc23)cc1. The molecule has 238 valence electrons. The maximum Gasteiger partial charge on any atom is 0.338 e. The first kappa shape index (κ1) is 31.5. The van der Waals surface area contributed by atoms with Gasteiger partial charge in [0.05, 0.1) is 40.9 Å². The van der Waals surface area contributed by atoms with Crippen LogP contribution in [0.3, 0.4) is 0 Å². The molecule has 2 N–H and O–H groups in total. The summed E-state index contributed by atoms with van der Waals surface area (Å²) in [5.74, 6) is 0.748. The Balaban J connectivity index is 1.30. The third kappa shape index (κ3) is 5.93. The number of hydrogen-bond acceptors (Lipinski definition) is 6. The lowest BCUT2D eigenvalue weighted by Gasteiger charge is -2.09. The number of carbonyl (C=O) groups excluding carboxylic acids is 2. The van der Waals surface area contributed by atoms with Crippen LogP contribution >= 0.6 is 31.9 Å². The third-order valence-electron chi connectivity index (χ3n) is 8.04. The number of carbonyl (C=O) groups is 2. The van der Waals surface area contributed by atoms with Crippen molar-refractivity contribution in [2.75, 3.05) is 13.2 Å². The minimum Gasteiger partial charge on any atom is -0.462 e. The Morgan fingerprint density at radius 1 is 0.542 bits per heavy atom. The molecule has 0 radical (unpaired) electrons. The van der Waals surface area contributed by atoms with Gasteiger partial charge in [-0.3, -0.25) is 0 Å². The lowest BCUT2D eigenvalue weighted by Crippen LogP contribution is -2.04. The summed E-state index contributed by atoms with van der Waals surface area (Å²) in [5.41, 5.74) is 9.89. The Kier molecular flexibility index (Phi) is 8.68. The van der Waals surface area contributed by atoms with Gasteiger partial charge in [0.15, 0.2) is 0 Å². The van der Waals surface area contributed by atoms with Crippen molar-refractivity contribution in [3.05, 3.63) is 117 Å². The smallest absolute Gasteiger partial charge is 0.338 e. The average molecular weight is 764 g/mol. The summed E-state index contributed by atoms with van der Waals surface area (Å²) in [6.07, 6.45) is 0. The van der Waals surface area contributed by atoms with E-state index in [1.54, 1.807) is 38.1 Å². The van der Waals surface area contributed by atoms with Gasteiger partial charge in [0.1, 0.15) is 17.2 Å². The van der Waals surface area contributed by atoms with Gasteiger partial charge >= 0.3 is 11.9 Å². The monoisotopic (exact) mass is 762 g/mol. The van der Waals surface area contributed by atoms with Crippen molar-refractivity contribution in [2.45, 2.75) is 13.8 Å². The van der Waals surface area contributed by atoms with E-state index in [-0.39, 0.29) is 11.9 Å². The number of nitrogens with zero attached hydrogens (tertiary/aromatic N) is 2. The molecule has 2 aromatic heterocycles. The number of nitrogens with one attached hydrogen (secondary N) is 2.